The zero-order valence-corrected chi connectivity index (χ0v) is 17.6. The predicted octanol–water partition coefficient (Wildman–Crippen LogP) is 3.83. The van der Waals surface area contributed by atoms with Crippen molar-refractivity contribution >= 4 is 17.7 Å². The summed E-state index contributed by atoms with van der Waals surface area (Å²) in [5, 5.41) is 0. The number of hydrogen-bond acceptors (Lipinski definition) is 5. The molecule has 29 heavy (non-hydrogen) atoms. The van der Waals surface area contributed by atoms with Crippen LogP contribution in [0.3, 0.4) is 0 Å². The molecule has 6 aliphatic rings. The Hall–Kier alpha value is -1.39. The zero-order chi connectivity index (χ0) is 20.2. The summed E-state index contributed by atoms with van der Waals surface area (Å²) in [5.41, 5.74) is -0.739. The molecule has 2 aliphatic heterocycles. The second kappa shape index (κ2) is 5.64. The van der Waals surface area contributed by atoms with Crippen LogP contribution in [-0.4, -0.2) is 29.4 Å². The monoisotopic (exact) mass is 400 g/mol. The largest absolute Gasteiger partial charge is 0.459 e. The van der Waals surface area contributed by atoms with Crippen LogP contribution in [0.25, 0.3) is 0 Å². The lowest BCUT2D eigenvalue weighted by molar-refractivity contribution is -0.175. The SMILES string of the molecule is C[C@]12CCC(=O)C[C@@H]1CC[C@@H]1[C@@H]2CC[C@@]2(C)[C@H]1C[C@@H]1OC(=O)[C@]3(CCC(=O)O3)[C@@H]12. The fraction of sp³-hybridized carbons (Fsp3) is 0.875. The maximum atomic E-state index is 12.8. The van der Waals surface area contributed by atoms with E-state index in [1.54, 1.807) is 0 Å². The lowest BCUT2D eigenvalue weighted by Crippen LogP contribution is -2.56. The number of Topliss-reactive ketones (excluding diaryl/α,β-unsaturated/α-hetero) is 1. The van der Waals surface area contributed by atoms with Crippen LogP contribution < -0.4 is 0 Å². The molecular formula is C24H32O5. The molecule has 5 nitrogen and oxygen atoms in total. The molecule has 4 saturated carbocycles. The molecule has 158 valence electrons. The molecule has 0 aromatic rings. The molecular weight excluding hydrogens is 368 g/mol. The van der Waals surface area contributed by atoms with Gasteiger partial charge in [0, 0.05) is 25.7 Å². The van der Waals surface area contributed by atoms with E-state index in [4.69, 9.17) is 9.47 Å². The molecule has 6 fully saturated rings. The van der Waals surface area contributed by atoms with Crippen molar-refractivity contribution in [3.8, 4) is 0 Å². The van der Waals surface area contributed by atoms with Gasteiger partial charge in [-0.05, 0) is 73.0 Å². The first kappa shape index (κ1) is 18.4. The van der Waals surface area contributed by atoms with Gasteiger partial charge in [0.15, 0.2) is 0 Å². The minimum atomic E-state index is -1.02. The van der Waals surface area contributed by atoms with Crippen LogP contribution in [0.5, 0.6) is 0 Å². The lowest BCUT2D eigenvalue weighted by atomic mass is 9.44. The van der Waals surface area contributed by atoms with Crippen LogP contribution in [0.15, 0.2) is 0 Å². The summed E-state index contributed by atoms with van der Waals surface area (Å²) in [6, 6.07) is 0. The highest BCUT2D eigenvalue weighted by Crippen LogP contribution is 2.71. The van der Waals surface area contributed by atoms with Gasteiger partial charge in [0.1, 0.15) is 11.9 Å². The fourth-order valence-corrected chi connectivity index (χ4v) is 9.30. The fourth-order valence-electron chi connectivity index (χ4n) is 9.30. The molecule has 0 unspecified atom stereocenters. The Labute approximate surface area is 172 Å². The number of ether oxygens (including phenoxy) is 2. The molecule has 0 bridgehead atoms. The first-order chi connectivity index (χ1) is 13.8. The highest BCUT2D eigenvalue weighted by Gasteiger charge is 2.74. The van der Waals surface area contributed by atoms with Gasteiger partial charge in [0.05, 0.1) is 5.92 Å². The number of carbonyl (C=O) groups is 3. The van der Waals surface area contributed by atoms with E-state index in [9.17, 15) is 14.4 Å². The number of fused-ring (bicyclic) bond motifs is 8. The van der Waals surface area contributed by atoms with Crippen LogP contribution in [0.2, 0.25) is 0 Å². The van der Waals surface area contributed by atoms with E-state index in [0.29, 0.717) is 42.3 Å². The minimum Gasteiger partial charge on any atom is -0.459 e. The average Bonchev–Trinajstić information content (AvgIpc) is 3.28. The summed E-state index contributed by atoms with van der Waals surface area (Å²) in [4.78, 5) is 36.9. The van der Waals surface area contributed by atoms with E-state index in [1.165, 1.54) is 12.8 Å². The molecule has 6 rings (SSSR count). The number of esters is 2. The van der Waals surface area contributed by atoms with Crippen molar-refractivity contribution in [2.75, 3.05) is 0 Å². The van der Waals surface area contributed by atoms with Crippen molar-refractivity contribution in [2.45, 2.75) is 89.8 Å². The minimum absolute atomic E-state index is 0.00367. The Balaban J connectivity index is 1.34. The third-order valence-electron chi connectivity index (χ3n) is 10.6. The van der Waals surface area contributed by atoms with Crippen molar-refractivity contribution in [3.63, 3.8) is 0 Å². The van der Waals surface area contributed by atoms with Gasteiger partial charge in [0.25, 0.3) is 0 Å². The molecule has 2 heterocycles. The highest BCUT2D eigenvalue weighted by molar-refractivity contribution is 5.89. The topological polar surface area (TPSA) is 69.7 Å². The van der Waals surface area contributed by atoms with Gasteiger partial charge in [-0.3, -0.25) is 9.59 Å². The van der Waals surface area contributed by atoms with Crippen molar-refractivity contribution in [1.29, 1.82) is 0 Å². The van der Waals surface area contributed by atoms with E-state index in [1.807, 2.05) is 0 Å². The molecule has 1 spiro atoms. The van der Waals surface area contributed by atoms with Gasteiger partial charge in [-0.25, -0.2) is 4.79 Å². The first-order valence-corrected chi connectivity index (χ1v) is 11.7. The van der Waals surface area contributed by atoms with Crippen molar-refractivity contribution in [1.82, 2.24) is 0 Å². The Morgan fingerprint density at radius 2 is 1.72 bits per heavy atom. The second-order valence-electron chi connectivity index (χ2n) is 11.5. The molecule has 0 N–H and O–H groups in total. The summed E-state index contributed by atoms with van der Waals surface area (Å²) in [5.74, 6) is 2.32. The molecule has 0 radical (unpaired) electrons. The van der Waals surface area contributed by atoms with Crippen LogP contribution >= 0.6 is 0 Å². The Morgan fingerprint density at radius 1 is 0.897 bits per heavy atom. The van der Waals surface area contributed by atoms with Gasteiger partial charge in [-0.1, -0.05) is 13.8 Å². The van der Waals surface area contributed by atoms with E-state index in [-0.39, 0.29) is 34.8 Å². The van der Waals surface area contributed by atoms with Gasteiger partial charge in [-0.2, -0.15) is 0 Å². The van der Waals surface area contributed by atoms with E-state index >= 15 is 0 Å². The smallest absolute Gasteiger partial charge is 0.351 e. The number of hydrogen-bond donors (Lipinski definition) is 0. The molecule has 5 heteroatoms. The van der Waals surface area contributed by atoms with E-state index < -0.39 is 5.60 Å². The molecule has 4 aliphatic carbocycles. The van der Waals surface area contributed by atoms with Crippen molar-refractivity contribution in [2.24, 2.45) is 40.4 Å². The summed E-state index contributed by atoms with van der Waals surface area (Å²) < 4.78 is 11.6. The Morgan fingerprint density at radius 3 is 2.48 bits per heavy atom. The van der Waals surface area contributed by atoms with E-state index in [2.05, 4.69) is 13.8 Å². The molecule has 9 atom stereocenters. The summed E-state index contributed by atoms with van der Waals surface area (Å²) in [6.45, 7) is 4.81. The third kappa shape index (κ3) is 2.15. The Bertz CT molecular complexity index is 805. The quantitative estimate of drug-likeness (QED) is 0.578. The average molecular weight is 401 g/mol. The van der Waals surface area contributed by atoms with Gasteiger partial charge in [-0.15, -0.1) is 0 Å². The van der Waals surface area contributed by atoms with Gasteiger partial charge >= 0.3 is 11.9 Å². The van der Waals surface area contributed by atoms with Crippen LogP contribution in [-0.2, 0) is 23.9 Å². The molecule has 2 saturated heterocycles. The first-order valence-electron chi connectivity index (χ1n) is 11.7. The van der Waals surface area contributed by atoms with E-state index in [0.717, 1.165) is 38.5 Å². The molecule has 0 aromatic heterocycles. The van der Waals surface area contributed by atoms with Crippen molar-refractivity contribution < 1.29 is 23.9 Å². The lowest BCUT2D eigenvalue weighted by Gasteiger charge is -2.60. The summed E-state index contributed by atoms with van der Waals surface area (Å²) in [6.07, 6.45) is 8.82. The molecule has 0 aromatic carbocycles. The van der Waals surface area contributed by atoms with Crippen LogP contribution in [0.4, 0.5) is 0 Å². The predicted molar refractivity (Wildman–Crippen MR) is 104 cm³/mol. The summed E-state index contributed by atoms with van der Waals surface area (Å²) >= 11 is 0. The Kier molecular flexibility index (Phi) is 3.58. The summed E-state index contributed by atoms with van der Waals surface area (Å²) in [7, 11) is 0. The standard InChI is InChI=1S/C24H32O5/c1-22-8-5-14(25)11-13(22)3-4-15-16(22)6-9-23(2)17(15)12-18-20(23)24(21(27)28-18)10-7-19(26)29-24/h13,15-18,20H,3-12H2,1-2H3/t13-,15+,16-,17-,18-,20-,22-,23-,24-/m0/s1. The molecule has 0 amide bonds. The van der Waals surface area contributed by atoms with Crippen LogP contribution in [0, 0.1) is 40.4 Å². The van der Waals surface area contributed by atoms with Gasteiger partial charge in [0.2, 0.25) is 5.60 Å². The number of rotatable bonds is 0. The zero-order valence-electron chi connectivity index (χ0n) is 17.6. The van der Waals surface area contributed by atoms with Gasteiger partial charge < -0.3 is 9.47 Å². The normalized spacial score (nSPS) is 55.7. The highest BCUT2D eigenvalue weighted by atomic mass is 16.6. The number of carbonyl (C=O) groups excluding carboxylic acids is 3. The third-order valence-corrected chi connectivity index (χ3v) is 10.6. The van der Waals surface area contributed by atoms with Crippen molar-refractivity contribution in [3.05, 3.63) is 0 Å². The number of ketones is 1. The maximum Gasteiger partial charge on any atom is 0.351 e. The maximum absolute atomic E-state index is 12.8. The second-order valence-corrected chi connectivity index (χ2v) is 11.5. The van der Waals surface area contributed by atoms with Crippen LogP contribution in [0.1, 0.15) is 78.1 Å².